The maximum Gasteiger partial charge on any atom is 0.331 e. The normalized spacial score (nSPS) is 8.81. The second kappa shape index (κ2) is 36.5. The summed E-state index contributed by atoms with van der Waals surface area (Å²) in [5, 5.41) is 29.8. The summed E-state index contributed by atoms with van der Waals surface area (Å²) in [6, 6.07) is 0. The lowest BCUT2D eigenvalue weighted by Gasteiger charge is -2.04. The van der Waals surface area contributed by atoms with Gasteiger partial charge in [-0.3, -0.25) is 9.59 Å². The summed E-state index contributed by atoms with van der Waals surface area (Å²) < 4.78 is 4.01. The highest BCUT2D eigenvalue weighted by molar-refractivity contribution is 5.77. The highest BCUT2D eigenvalue weighted by atomic mass is 16.5. The van der Waals surface area contributed by atoms with E-state index in [9.17, 15) is 14.4 Å². The Labute approximate surface area is 192 Å². The Morgan fingerprint density at radius 3 is 1.25 bits per heavy atom. The molecule has 0 aliphatic rings. The van der Waals surface area contributed by atoms with E-state index in [1.165, 1.54) is 20.0 Å². The molecule has 0 spiro atoms. The van der Waals surface area contributed by atoms with Crippen LogP contribution in [0.4, 0.5) is 0 Å². The van der Waals surface area contributed by atoms with Gasteiger partial charge < -0.3 is 55.1 Å². The monoisotopic (exact) mass is 471 g/mol. The smallest absolute Gasteiger partial charge is 0.331 e. The Kier molecular flexibility index (Phi) is 46.3. The van der Waals surface area contributed by atoms with Crippen molar-refractivity contribution in [2.24, 2.45) is 11.5 Å². The molecule has 11 N–H and O–H groups in total. The van der Waals surface area contributed by atoms with Crippen molar-refractivity contribution in [2.75, 3.05) is 53.1 Å². The van der Waals surface area contributed by atoms with E-state index in [0.29, 0.717) is 13.1 Å². The van der Waals surface area contributed by atoms with Crippen molar-refractivity contribution in [3.8, 4) is 0 Å². The molecule has 12 nitrogen and oxygen atoms in total. The third kappa shape index (κ3) is 42.3. The Bertz CT molecular complexity index is 368. The van der Waals surface area contributed by atoms with Crippen LogP contribution in [0.2, 0.25) is 0 Å². The van der Waals surface area contributed by atoms with E-state index < -0.39 is 25.8 Å². The first kappa shape index (κ1) is 40.5. The van der Waals surface area contributed by atoms with E-state index in [0.717, 1.165) is 51.6 Å². The number of methoxy groups -OCH3 is 1. The van der Waals surface area contributed by atoms with Gasteiger partial charge in [-0.15, -0.1) is 0 Å². The SMILES string of the molecule is COC(=O)CO.NCCCCCCN.O.O=C(CO)NCCCCCCNC(=O)CO.[CH3-]. The average Bonchev–Trinajstić information content (AvgIpc) is 2.78. The molecule has 0 aliphatic heterocycles. The van der Waals surface area contributed by atoms with Crippen LogP contribution in [0.25, 0.3) is 0 Å². The topological polar surface area (TPSA) is 229 Å². The molecule has 0 atom stereocenters. The predicted octanol–water partition coefficient (Wildman–Crippen LogP) is -1.99. The molecule has 0 fully saturated rings. The molecule has 0 saturated carbocycles. The number of carbonyl (C=O) groups is 3. The van der Waals surface area contributed by atoms with Gasteiger partial charge in [0.15, 0.2) is 0 Å². The van der Waals surface area contributed by atoms with Gasteiger partial charge in [0.05, 0.1) is 7.11 Å². The van der Waals surface area contributed by atoms with Crippen LogP contribution < -0.4 is 22.1 Å². The number of nitrogens with one attached hydrogen (secondary N) is 2. The Balaban J connectivity index is -0.000000128. The van der Waals surface area contributed by atoms with E-state index in [4.69, 9.17) is 26.8 Å². The molecule has 12 heteroatoms. The summed E-state index contributed by atoms with van der Waals surface area (Å²) >= 11 is 0. The quantitative estimate of drug-likeness (QED) is 0.0794. The molecule has 0 aromatic rings. The molecule has 0 unspecified atom stereocenters. The lowest BCUT2D eigenvalue weighted by Crippen LogP contribution is -2.27. The number of nitrogens with two attached hydrogens (primary N) is 2. The summed E-state index contributed by atoms with van der Waals surface area (Å²) in [5.41, 5.74) is 10.6. The summed E-state index contributed by atoms with van der Waals surface area (Å²) in [6.07, 6.45) is 8.43. The Morgan fingerprint density at radius 2 is 1.03 bits per heavy atom. The lowest BCUT2D eigenvalue weighted by molar-refractivity contribution is -0.143. The molecular weight excluding hydrogens is 424 g/mol. The third-order valence-electron chi connectivity index (χ3n) is 3.55. The summed E-state index contributed by atoms with van der Waals surface area (Å²) in [7, 11) is 1.22. The van der Waals surface area contributed by atoms with Gasteiger partial charge in [0.2, 0.25) is 11.8 Å². The summed E-state index contributed by atoms with van der Waals surface area (Å²) in [5.74, 6) is -1.31. The van der Waals surface area contributed by atoms with Crippen LogP contribution in [0.3, 0.4) is 0 Å². The number of hydrogen-bond acceptors (Lipinski definition) is 9. The minimum absolute atomic E-state index is 0. The second-order valence-corrected chi connectivity index (χ2v) is 6.16. The largest absolute Gasteiger partial charge is 0.467 e. The van der Waals surface area contributed by atoms with Gasteiger partial charge in [0.25, 0.3) is 0 Å². The molecule has 32 heavy (non-hydrogen) atoms. The van der Waals surface area contributed by atoms with Gasteiger partial charge in [-0.1, -0.05) is 25.7 Å². The molecule has 0 radical (unpaired) electrons. The summed E-state index contributed by atoms with van der Waals surface area (Å²) in [4.78, 5) is 31.0. The molecule has 0 bridgehead atoms. The van der Waals surface area contributed by atoms with Crippen molar-refractivity contribution in [1.82, 2.24) is 10.6 Å². The molecule has 0 rings (SSSR count). The maximum absolute atomic E-state index is 10.6. The highest BCUT2D eigenvalue weighted by Crippen LogP contribution is 1.97. The van der Waals surface area contributed by atoms with Gasteiger partial charge in [-0.2, -0.15) is 0 Å². The summed E-state index contributed by atoms with van der Waals surface area (Å²) in [6.45, 7) is 1.33. The fraction of sp³-hybridized carbons (Fsp3) is 0.800. The number of hydrogen-bond donors (Lipinski definition) is 7. The second-order valence-electron chi connectivity index (χ2n) is 6.16. The van der Waals surface area contributed by atoms with E-state index >= 15 is 0 Å². The van der Waals surface area contributed by atoms with Crippen LogP contribution in [0.15, 0.2) is 0 Å². The van der Waals surface area contributed by atoms with Crippen LogP contribution >= 0.6 is 0 Å². The number of aliphatic hydroxyl groups is 3. The van der Waals surface area contributed by atoms with Gasteiger partial charge in [0.1, 0.15) is 19.8 Å². The van der Waals surface area contributed by atoms with Crippen molar-refractivity contribution in [3.05, 3.63) is 7.43 Å². The zero-order valence-corrected chi connectivity index (χ0v) is 19.7. The fourth-order valence-electron chi connectivity index (χ4n) is 1.88. The fourth-order valence-corrected chi connectivity index (χ4v) is 1.88. The molecule has 0 saturated heterocycles. The van der Waals surface area contributed by atoms with Crippen LogP contribution in [0.1, 0.15) is 51.4 Å². The zero-order valence-electron chi connectivity index (χ0n) is 19.7. The predicted molar refractivity (Wildman–Crippen MR) is 124 cm³/mol. The first-order chi connectivity index (χ1) is 14.4. The molecule has 0 aliphatic carbocycles. The third-order valence-corrected chi connectivity index (χ3v) is 3.55. The first-order valence-electron chi connectivity index (χ1n) is 10.3. The molecular formula is C20H47N4O8-. The van der Waals surface area contributed by atoms with E-state index in [-0.39, 0.29) is 24.7 Å². The van der Waals surface area contributed by atoms with Crippen LogP contribution in [0.5, 0.6) is 0 Å². The average molecular weight is 472 g/mol. The molecule has 2 amide bonds. The van der Waals surface area contributed by atoms with Gasteiger partial charge in [-0.05, 0) is 38.8 Å². The van der Waals surface area contributed by atoms with E-state index in [2.05, 4.69) is 15.4 Å². The minimum Gasteiger partial charge on any atom is -0.467 e. The standard InChI is InChI=1S/C10H20N2O4.C6H16N2.C3H6O3.CH3.H2O/c13-7-9(15)11-5-3-1-2-4-6-12-10(16)8-14;7-5-3-1-2-4-6-8;1-6-3(5)2-4;;/h13-14H,1-8H2,(H,11,15)(H,12,16);1-8H2;4H,2H2,1H3;1H3;1H2/q;;;-1;. The van der Waals surface area contributed by atoms with Crippen molar-refractivity contribution in [2.45, 2.75) is 51.4 Å². The van der Waals surface area contributed by atoms with Crippen molar-refractivity contribution < 1.29 is 39.9 Å². The Hall–Kier alpha value is -1.83. The maximum atomic E-state index is 10.6. The van der Waals surface area contributed by atoms with Crippen molar-refractivity contribution >= 4 is 17.8 Å². The zero-order chi connectivity index (χ0) is 23.5. The number of carbonyl (C=O) groups excluding carboxylic acids is 3. The lowest BCUT2D eigenvalue weighted by atomic mass is 10.2. The van der Waals surface area contributed by atoms with Crippen LogP contribution in [-0.4, -0.2) is 91.7 Å². The highest BCUT2D eigenvalue weighted by Gasteiger charge is 1.98. The van der Waals surface area contributed by atoms with Crippen molar-refractivity contribution in [1.29, 1.82) is 0 Å². The molecule has 0 aromatic heterocycles. The van der Waals surface area contributed by atoms with Gasteiger partial charge >= 0.3 is 5.97 Å². The van der Waals surface area contributed by atoms with Crippen LogP contribution in [0, 0.1) is 7.43 Å². The van der Waals surface area contributed by atoms with E-state index in [1.54, 1.807) is 0 Å². The molecule has 196 valence electrons. The number of rotatable bonds is 15. The molecule has 0 heterocycles. The minimum atomic E-state index is -0.602. The van der Waals surface area contributed by atoms with Crippen LogP contribution in [-0.2, 0) is 19.1 Å². The number of amides is 2. The van der Waals surface area contributed by atoms with Crippen molar-refractivity contribution in [3.63, 3.8) is 0 Å². The van der Waals surface area contributed by atoms with E-state index in [1.807, 2.05) is 0 Å². The Morgan fingerprint density at radius 1 is 0.688 bits per heavy atom. The number of unbranched alkanes of at least 4 members (excludes halogenated alkanes) is 6. The number of ether oxygens (including phenoxy) is 1. The number of aliphatic hydroxyl groups excluding tert-OH is 3. The van der Waals surface area contributed by atoms with Gasteiger partial charge in [0, 0.05) is 13.1 Å². The first-order valence-corrected chi connectivity index (χ1v) is 10.3. The molecule has 0 aromatic carbocycles. The van der Waals surface area contributed by atoms with Gasteiger partial charge in [-0.25, -0.2) is 4.79 Å². The number of esters is 1.